The molecule has 2 N–H and O–H groups in total. The van der Waals surface area contributed by atoms with Crippen LogP contribution in [0.15, 0.2) is 29.2 Å². The smallest absolute Gasteiger partial charge is 0.314 e. The maximum absolute atomic E-state index is 12.5. The highest BCUT2D eigenvalue weighted by molar-refractivity contribution is 7.92. The monoisotopic (exact) mass is 338 g/mol. The van der Waals surface area contributed by atoms with E-state index in [2.05, 4.69) is 10.6 Å². The standard InChI is InChI=1S/C17H26N2O3S/c1-13(2)19-17(20)18-12-11-14-7-9-16(10-8-14)23(21,22)15-5-3-4-6-15/h7-10,13,15H,3-6,11-12H2,1-2H3,(H2,18,19,20). The van der Waals surface area contributed by atoms with E-state index >= 15 is 0 Å². The molecule has 1 aliphatic carbocycles. The Kier molecular flexibility index (Phi) is 6.04. The Morgan fingerprint density at radius 3 is 2.35 bits per heavy atom. The van der Waals surface area contributed by atoms with Gasteiger partial charge < -0.3 is 10.6 Å². The molecule has 6 heteroatoms. The maximum atomic E-state index is 12.5. The molecule has 0 atom stereocenters. The molecule has 1 aromatic rings. The Hall–Kier alpha value is -1.56. The van der Waals surface area contributed by atoms with E-state index in [0.29, 0.717) is 17.9 Å². The third-order valence-electron chi connectivity index (χ3n) is 4.11. The molecule has 0 radical (unpaired) electrons. The molecule has 5 nitrogen and oxygen atoms in total. The van der Waals surface area contributed by atoms with Gasteiger partial charge in [0.15, 0.2) is 9.84 Å². The average molecular weight is 338 g/mol. The Labute approximate surface area is 138 Å². The van der Waals surface area contributed by atoms with Crippen LogP contribution in [0.1, 0.15) is 45.1 Å². The summed E-state index contributed by atoms with van der Waals surface area (Å²) in [5.74, 6) is 0. The van der Waals surface area contributed by atoms with Crippen LogP contribution in [0.5, 0.6) is 0 Å². The number of nitrogens with one attached hydrogen (secondary N) is 2. The van der Waals surface area contributed by atoms with E-state index in [-0.39, 0.29) is 17.3 Å². The predicted molar refractivity (Wildman–Crippen MR) is 91.3 cm³/mol. The minimum absolute atomic E-state index is 0.107. The molecule has 2 amide bonds. The van der Waals surface area contributed by atoms with Crippen molar-refractivity contribution in [3.8, 4) is 0 Å². The fraction of sp³-hybridized carbons (Fsp3) is 0.588. The van der Waals surface area contributed by atoms with Gasteiger partial charge in [-0.25, -0.2) is 13.2 Å². The van der Waals surface area contributed by atoms with Gasteiger partial charge in [0.05, 0.1) is 10.1 Å². The number of hydrogen-bond donors (Lipinski definition) is 2. The summed E-state index contributed by atoms with van der Waals surface area (Å²) in [5.41, 5.74) is 1.01. The fourth-order valence-electron chi connectivity index (χ4n) is 2.87. The van der Waals surface area contributed by atoms with Gasteiger partial charge in [0.1, 0.15) is 0 Å². The first-order valence-corrected chi connectivity index (χ1v) is 9.81. The zero-order chi connectivity index (χ0) is 16.9. The van der Waals surface area contributed by atoms with Crippen molar-refractivity contribution < 1.29 is 13.2 Å². The first-order chi connectivity index (χ1) is 10.9. The van der Waals surface area contributed by atoms with E-state index in [1.807, 2.05) is 26.0 Å². The average Bonchev–Trinajstić information content (AvgIpc) is 3.02. The number of amides is 2. The molecular formula is C17H26N2O3S. The molecular weight excluding hydrogens is 312 g/mol. The molecule has 0 unspecified atom stereocenters. The molecule has 0 heterocycles. The summed E-state index contributed by atoms with van der Waals surface area (Å²) in [7, 11) is -3.18. The van der Waals surface area contributed by atoms with E-state index in [4.69, 9.17) is 0 Å². The molecule has 23 heavy (non-hydrogen) atoms. The number of sulfone groups is 1. The van der Waals surface area contributed by atoms with Crippen LogP contribution in [0.2, 0.25) is 0 Å². The third kappa shape index (κ3) is 4.96. The van der Waals surface area contributed by atoms with Crippen LogP contribution in [0.3, 0.4) is 0 Å². The normalized spacial score (nSPS) is 15.8. The molecule has 1 fully saturated rings. The van der Waals surface area contributed by atoms with Crippen molar-refractivity contribution in [2.24, 2.45) is 0 Å². The van der Waals surface area contributed by atoms with Crippen LogP contribution in [-0.2, 0) is 16.3 Å². The van der Waals surface area contributed by atoms with Crippen molar-refractivity contribution in [2.75, 3.05) is 6.54 Å². The van der Waals surface area contributed by atoms with Gasteiger partial charge in [0.2, 0.25) is 0 Å². The number of carbonyl (C=O) groups is 1. The Bertz CT molecular complexity index is 618. The minimum atomic E-state index is -3.18. The second-order valence-corrected chi connectivity index (χ2v) is 8.63. The first-order valence-electron chi connectivity index (χ1n) is 8.27. The van der Waals surface area contributed by atoms with E-state index < -0.39 is 9.84 Å². The van der Waals surface area contributed by atoms with Gasteiger partial charge in [-0.2, -0.15) is 0 Å². The van der Waals surface area contributed by atoms with Crippen LogP contribution in [-0.4, -0.2) is 32.3 Å². The lowest BCUT2D eigenvalue weighted by Gasteiger charge is -2.12. The topological polar surface area (TPSA) is 75.3 Å². The van der Waals surface area contributed by atoms with E-state index in [1.165, 1.54) is 0 Å². The Morgan fingerprint density at radius 2 is 1.78 bits per heavy atom. The summed E-state index contributed by atoms with van der Waals surface area (Å²) >= 11 is 0. The molecule has 2 rings (SSSR count). The summed E-state index contributed by atoms with van der Waals surface area (Å²) in [6.07, 6.45) is 4.24. The SMILES string of the molecule is CC(C)NC(=O)NCCc1ccc(S(=O)(=O)C2CCCC2)cc1. The minimum Gasteiger partial charge on any atom is -0.338 e. The summed E-state index contributed by atoms with van der Waals surface area (Å²) in [6, 6.07) is 6.98. The largest absolute Gasteiger partial charge is 0.338 e. The number of benzene rings is 1. The Morgan fingerprint density at radius 1 is 1.17 bits per heavy atom. The molecule has 0 bridgehead atoms. The molecule has 0 aromatic heterocycles. The van der Waals surface area contributed by atoms with Crippen LogP contribution in [0.4, 0.5) is 4.79 Å². The van der Waals surface area contributed by atoms with Gasteiger partial charge in [0.25, 0.3) is 0 Å². The number of carbonyl (C=O) groups excluding carboxylic acids is 1. The second kappa shape index (κ2) is 7.81. The highest BCUT2D eigenvalue weighted by atomic mass is 32.2. The van der Waals surface area contributed by atoms with Crippen LogP contribution in [0.25, 0.3) is 0 Å². The van der Waals surface area contributed by atoms with Crippen molar-refractivity contribution in [1.82, 2.24) is 10.6 Å². The quantitative estimate of drug-likeness (QED) is 0.837. The summed E-state index contributed by atoms with van der Waals surface area (Å²) in [4.78, 5) is 11.9. The highest BCUT2D eigenvalue weighted by Gasteiger charge is 2.29. The van der Waals surface area contributed by atoms with E-state index in [1.54, 1.807) is 12.1 Å². The predicted octanol–water partition coefficient (Wildman–Crippen LogP) is 2.65. The fourth-order valence-corrected chi connectivity index (χ4v) is 4.72. The van der Waals surface area contributed by atoms with Crippen molar-refractivity contribution in [3.05, 3.63) is 29.8 Å². The molecule has 1 aromatic carbocycles. The zero-order valence-corrected chi connectivity index (χ0v) is 14.7. The van der Waals surface area contributed by atoms with Crippen molar-refractivity contribution >= 4 is 15.9 Å². The first kappa shape index (κ1) is 17.8. The van der Waals surface area contributed by atoms with Gasteiger partial charge in [-0.3, -0.25) is 0 Å². The molecule has 0 aliphatic heterocycles. The van der Waals surface area contributed by atoms with Gasteiger partial charge in [-0.15, -0.1) is 0 Å². The lowest BCUT2D eigenvalue weighted by Crippen LogP contribution is -2.40. The number of rotatable bonds is 6. The van der Waals surface area contributed by atoms with Crippen LogP contribution < -0.4 is 10.6 Å². The van der Waals surface area contributed by atoms with Crippen molar-refractivity contribution in [3.63, 3.8) is 0 Å². The maximum Gasteiger partial charge on any atom is 0.314 e. The van der Waals surface area contributed by atoms with Crippen LogP contribution in [0, 0.1) is 0 Å². The zero-order valence-electron chi connectivity index (χ0n) is 13.8. The summed E-state index contributed by atoms with van der Waals surface area (Å²) in [5, 5.41) is 5.33. The van der Waals surface area contributed by atoms with Gasteiger partial charge in [-0.05, 0) is 50.8 Å². The second-order valence-electron chi connectivity index (χ2n) is 6.40. The lowest BCUT2D eigenvalue weighted by molar-refractivity contribution is 0.238. The van der Waals surface area contributed by atoms with Crippen molar-refractivity contribution in [1.29, 1.82) is 0 Å². The van der Waals surface area contributed by atoms with Crippen molar-refractivity contribution in [2.45, 2.75) is 62.1 Å². The van der Waals surface area contributed by atoms with E-state index in [0.717, 1.165) is 31.2 Å². The van der Waals surface area contributed by atoms with Crippen LogP contribution >= 0.6 is 0 Å². The summed E-state index contributed by atoms with van der Waals surface area (Å²) in [6.45, 7) is 4.33. The Balaban J connectivity index is 1.88. The number of hydrogen-bond acceptors (Lipinski definition) is 3. The van der Waals surface area contributed by atoms with E-state index in [9.17, 15) is 13.2 Å². The molecule has 128 valence electrons. The van der Waals surface area contributed by atoms with Gasteiger partial charge >= 0.3 is 6.03 Å². The number of urea groups is 1. The molecule has 1 saturated carbocycles. The summed E-state index contributed by atoms with van der Waals surface area (Å²) < 4.78 is 25.0. The molecule has 1 aliphatic rings. The lowest BCUT2D eigenvalue weighted by atomic mass is 10.1. The van der Waals surface area contributed by atoms with Gasteiger partial charge in [-0.1, -0.05) is 25.0 Å². The van der Waals surface area contributed by atoms with Gasteiger partial charge in [0, 0.05) is 12.6 Å². The third-order valence-corrected chi connectivity index (χ3v) is 6.39. The molecule has 0 saturated heterocycles. The molecule has 0 spiro atoms. The highest BCUT2D eigenvalue weighted by Crippen LogP contribution is 2.29.